The van der Waals surface area contributed by atoms with Gasteiger partial charge in [0.1, 0.15) is 6.23 Å². The van der Waals surface area contributed by atoms with Crippen molar-refractivity contribution >= 4 is 13.3 Å². The quantitative estimate of drug-likeness (QED) is 0.777. The van der Waals surface area contributed by atoms with E-state index in [0.29, 0.717) is 6.61 Å². The second kappa shape index (κ2) is 4.27. The highest BCUT2D eigenvalue weighted by Gasteiger charge is 2.25. The molecule has 0 radical (unpaired) electrons. The number of H-pyrrole nitrogens is 1. The van der Waals surface area contributed by atoms with Gasteiger partial charge in [-0.15, -0.1) is 0 Å². The van der Waals surface area contributed by atoms with Crippen molar-refractivity contribution in [2.75, 3.05) is 6.61 Å². The maximum atomic E-state index is 11.8. The van der Waals surface area contributed by atoms with Gasteiger partial charge in [0, 0.05) is 18.0 Å². The summed E-state index contributed by atoms with van der Waals surface area (Å²) in [4.78, 5) is 25.9. The van der Waals surface area contributed by atoms with Crippen molar-refractivity contribution in [3.8, 4) is 0 Å². The minimum absolute atomic E-state index is 0.213. The molecule has 1 N–H and O–H groups in total. The summed E-state index contributed by atoms with van der Waals surface area (Å²) in [5.74, 6) is 0. The Balaban J connectivity index is 2.53. The van der Waals surface area contributed by atoms with Crippen LogP contribution in [-0.4, -0.2) is 24.2 Å². The van der Waals surface area contributed by atoms with Gasteiger partial charge in [-0.1, -0.05) is 19.6 Å². The van der Waals surface area contributed by atoms with E-state index in [4.69, 9.17) is 4.74 Å². The van der Waals surface area contributed by atoms with Crippen LogP contribution >= 0.6 is 0 Å². The lowest BCUT2D eigenvalue weighted by molar-refractivity contribution is 0.0528. The zero-order chi connectivity index (χ0) is 12.6. The van der Waals surface area contributed by atoms with Crippen molar-refractivity contribution in [1.82, 2.24) is 9.55 Å². The SMILES string of the molecule is C[Si](C)(C)c1cn(C2CCCO2)c(=O)[nH]c1=O. The number of aromatic amines is 1. The molecule has 1 unspecified atom stereocenters. The van der Waals surface area contributed by atoms with Crippen molar-refractivity contribution in [3.63, 3.8) is 0 Å². The molecule has 1 aliphatic rings. The predicted octanol–water partition coefficient (Wildman–Crippen LogP) is 0.391. The summed E-state index contributed by atoms with van der Waals surface area (Å²) in [5.41, 5.74) is -0.618. The first-order chi connectivity index (χ1) is 7.89. The number of hydrogen-bond donors (Lipinski definition) is 1. The average Bonchev–Trinajstić information content (AvgIpc) is 2.68. The first-order valence-electron chi connectivity index (χ1n) is 5.87. The highest BCUT2D eigenvalue weighted by atomic mass is 28.3. The highest BCUT2D eigenvalue weighted by Crippen LogP contribution is 2.20. The van der Waals surface area contributed by atoms with Gasteiger partial charge in [-0.25, -0.2) is 4.79 Å². The Hall–Kier alpha value is -1.14. The number of hydrogen-bond acceptors (Lipinski definition) is 3. The van der Waals surface area contributed by atoms with Crippen LogP contribution in [0, 0.1) is 0 Å². The van der Waals surface area contributed by atoms with E-state index in [1.54, 1.807) is 6.20 Å². The molecule has 0 aliphatic carbocycles. The molecular weight excluding hydrogens is 236 g/mol. The van der Waals surface area contributed by atoms with Crippen molar-refractivity contribution in [3.05, 3.63) is 27.0 Å². The van der Waals surface area contributed by atoms with E-state index in [1.165, 1.54) is 4.57 Å². The fraction of sp³-hybridized carbons (Fsp3) is 0.636. The molecule has 0 bridgehead atoms. The molecule has 1 aromatic rings. The first-order valence-corrected chi connectivity index (χ1v) is 9.37. The standard InChI is InChI=1S/C11H18N2O3Si/c1-17(2,3)8-7-13(9-5-4-6-16-9)11(15)12-10(8)14/h7,9H,4-6H2,1-3H3,(H,12,14,15). The molecule has 1 aromatic heterocycles. The molecule has 2 heterocycles. The molecule has 1 saturated heterocycles. The lowest BCUT2D eigenvalue weighted by Gasteiger charge is -2.19. The van der Waals surface area contributed by atoms with Crippen LogP contribution in [0.5, 0.6) is 0 Å². The fourth-order valence-electron chi connectivity index (χ4n) is 2.01. The molecule has 17 heavy (non-hydrogen) atoms. The van der Waals surface area contributed by atoms with Gasteiger partial charge in [-0.3, -0.25) is 14.3 Å². The van der Waals surface area contributed by atoms with Crippen molar-refractivity contribution < 1.29 is 4.74 Å². The number of rotatable bonds is 2. The molecule has 0 amide bonds. The van der Waals surface area contributed by atoms with Gasteiger partial charge < -0.3 is 4.74 Å². The van der Waals surface area contributed by atoms with Crippen LogP contribution in [0.2, 0.25) is 19.6 Å². The average molecular weight is 254 g/mol. The van der Waals surface area contributed by atoms with Gasteiger partial charge in [-0.05, 0) is 12.8 Å². The first kappa shape index (κ1) is 12.3. The Kier molecular flexibility index (Phi) is 3.09. The zero-order valence-corrected chi connectivity index (χ0v) is 11.4. The van der Waals surface area contributed by atoms with Crippen LogP contribution < -0.4 is 16.4 Å². The van der Waals surface area contributed by atoms with Crippen LogP contribution in [0.15, 0.2) is 15.8 Å². The Bertz CT molecular complexity index is 521. The largest absolute Gasteiger partial charge is 0.358 e. The fourth-order valence-corrected chi connectivity index (χ4v) is 3.28. The minimum Gasteiger partial charge on any atom is -0.358 e. The zero-order valence-electron chi connectivity index (χ0n) is 10.4. The van der Waals surface area contributed by atoms with Crippen LogP contribution in [0.4, 0.5) is 0 Å². The van der Waals surface area contributed by atoms with Gasteiger partial charge in [0.2, 0.25) is 0 Å². The molecule has 6 heteroatoms. The molecule has 94 valence electrons. The van der Waals surface area contributed by atoms with Gasteiger partial charge in [0.15, 0.2) is 0 Å². The smallest absolute Gasteiger partial charge is 0.330 e. The Morgan fingerprint density at radius 1 is 1.41 bits per heavy atom. The van der Waals surface area contributed by atoms with Crippen molar-refractivity contribution in [1.29, 1.82) is 0 Å². The molecule has 0 aromatic carbocycles. The summed E-state index contributed by atoms with van der Waals surface area (Å²) in [6, 6.07) is 0. The van der Waals surface area contributed by atoms with E-state index < -0.39 is 8.07 Å². The second-order valence-corrected chi connectivity index (χ2v) is 10.5. The van der Waals surface area contributed by atoms with Crippen molar-refractivity contribution in [2.24, 2.45) is 0 Å². The van der Waals surface area contributed by atoms with Gasteiger partial charge in [-0.2, -0.15) is 0 Å². The summed E-state index contributed by atoms with van der Waals surface area (Å²) in [5, 5.41) is 0.743. The van der Waals surface area contributed by atoms with Crippen LogP contribution in [0.25, 0.3) is 0 Å². The second-order valence-electron chi connectivity index (χ2n) is 5.43. The van der Waals surface area contributed by atoms with E-state index >= 15 is 0 Å². The summed E-state index contributed by atoms with van der Waals surface area (Å²) in [6.45, 7) is 6.93. The Morgan fingerprint density at radius 3 is 2.65 bits per heavy atom. The topological polar surface area (TPSA) is 64.1 Å². The van der Waals surface area contributed by atoms with Gasteiger partial charge in [0.05, 0.1) is 8.07 Å². The lowest BCUT2D eigenvalue weighted by Crippen LogP contribution is -2.52. The van der Waals surface area contributed by atoms with E-state index in [0.717, 1.165) is 18.0 Å². The van der Waals surface area contributed by atoms with E-state index in [2.05, 4.69) is 24.6 Å². The van der Waals surface area contributed by atoms with Crippen LogP contribution in [0.1, 0.15) is 19.1 Å². The molecule has 1 atom stereocenters. The monoisotopic (exact) mass is 254 g/mol. The van der Waals surface area contributed by atoms with Gasteiger partial charge >= 0.3 is 5.69 Å². The number of nitrogens with one attached hydrogen (secondary N) is 1. The minimum atomic E-state index is -1.74. The third kappa shape index (κ3) is 2.42. The third-order valence-electron chi connectivity index (χ3n) is 2.99. The van der Waals surface area contributed by atoms with Crippen molar-refractivity contribution in [2.45, 2.75) is 38.7 Å². The van der Waals surface area contributed by atoms with E-state index in [1.807, 2.05) is 0 Å². The number of nitrogens with zero attached hydrogens (tertiary/aromatic N) is 1. The molecule has 2 rings (SSSR count). The number of ether oxygens (including phenoxy) is 1. The Labute approximate surface area is 100 Å². The van der Waals surface area contributed by atoms with Crippen LogP contribution in [0.3, 0.4) is 0 Å². The number of aromatic nitrogens is 2. The molecular formula is C11H18N2O3Si. The highest BCUT2D eigenvalue weighted by molar-refractivity contribution is 6.88. The maximum Gasteiger partial charge on any atom is 0.330 e. The summed E-state index contributed by atoms with van der Waals surface area (Å²) in [6.07, 6.45) is 3.27. The molecule has 0 spiro atoms. The molecule has 1 aliphatic heterocycles. The normalized spacial score (nSPS) is 20.8. The van der Waals surface area contributed by atoms with E-state index in [9.17, 15) is 9.59 Å². The molecule has 1 fully saturated rings. The summed E-state index contributed by atoms with van der Waals surface area (Å²) < 4.78 is 7.01. The summed E-state index contributed by atoms with van der Waals surface area (Å²) >= 11 is 0. The third-order valence-corrected chi connectivity index (χ3v) is 4.96. The Morgan fingerprint density at radius 2 is 2.12 bits per heavy atom. The van der Waals surface area contributed by atoms with E-state index in [-0.39, 0.29) is 17.5 Å². The van der Waals surface area contributed by atoms with Crippen LogP contribution in [-0.2, 0) is 4.74 Å². The predicted molar refractivity (Wildman–Crippen MR) is 68.5 cm³/mol. The maximum absolute atomic E-state index is 11.8. The molecule has 5 nitrogen and oxygen atoms in total. The molecule has 0 saturated carbocycles. The van der Waals surface area contributed by atoms with Gasteiger partial charge in [0.25, 0.3) is 5.56 Å². The lowest BCUT2D eigenvalue weighted by atomic mass is 10.3. The summed E-state index contributed by atoms with van der Waals surface area (Å²) in [7, 11) is -1.74.